The molecule has 0 atom stereocenters. The van der Waals surface area contributed by atoms with Crippen LogP contribution in [0.25, 0.3) is 0 Å². The van der Waals surface area contributed by atoms with Gasteiger partial charge < -0.3 is 26.2 Å². The Bertz CT molecular complexity index is 235. The maximum atomic E-state index is 8.58. The lowest BCUT2D eigenvalue weighted by Gasteiger charge is -1.98. The smallest absolute Gasteiger partial charge is 0.100 e. The zero-order valence-corrected chi connectivity index (χ0v) is 11.3. The summed E-state index contributed by atoms with van der Waals surface area (Å²) in [6.07, 6.45) is 5.06. The highest BCUT2D eigenvalue weighted by Crippen LogP contribution is 2.05. The first-order valence-corrected chi connectivity index (χ1v) is 6.03. The van der Waals surface area contributed by atoms with Crippen molar-refractivity contribution in [1.82, 2.24) is 0 Å². The minimum Gasteiger partial charge on any atom is -0.394 e. The number of hydrogen-bond acceptors (Lipinski definition) is 5. The molecule has 0 heterocycles. The predicted molar refractivity (Wildman–Crippen MR) is 73.1 cm³/mol. The number of allylic oxidation sites excluding steroid dienone is 2. The van der Waals surface area contributed by atoms with Crippen molar-refractivity contribution in [1.29, 1.82) is 0 Å². The molecule has 0 rings (SSSR count). The minimum atomic E-state index is -0.954. The Morgan fingerprint density at radius 3 is 1.94 bits per heavy atom. The molecule has 0 saturated carbocycles. The van der Waals surface area contributed by atoms with Gasteiger partial charge in [-0.3, -0.25) is 0 Å². The molecule has 108 valence electrons. The minimum absolute atomic E-state index is 0.144. The van der Waals surface area contributed by atoms with Crippen molar-refractivity contribution in [3.8, 4) is 0 Å². The van der Waals surface area contributed by atoms with Crippen LogP contribution >= 0.6 is 0 Å². The summed E-state index contributed by atoms with van der Waals surface area (Å²) < 4.78 is 0. The molecule has 0 aliphatic heterocycles. The van der Waals surface area contributed by atoms with Gasteiger partial charge in [-0.1, -0.05) is 23.3 Å². The average Bonchev–Trinajstić information content (AvgIpc) is 2.38. The maximum absolute atomic E-state index is 8.58. The Morgan fingerprint density at radius 1 is 1.06 bits per heavy atom. The summed E-state index contributed by atoms with van der Waals surface area (Å²) in [6.45, 7) is 4.12. The fourth-order valence-corrected chi connectivity index (χ4v) is 0.945. The van der Waals surface area contributed by atoms with Crippen LogP contribution in [0.1, 0.15) is 26.7 Å². The van der Waals surface area contributed by atoms with Crippen molar-refractivity contribution in [2.24, 2.45) is 5.73 Å². The standard InChI is InChI=1S/C10H19NO.C3H8O3/c1-9(6-7-12)4-3-5-10(2)8-11;4-1-3(6)2-5/h5-6,12H,3-4,7-8,11H2,1-2H3;3-6H,1-2H2/b9-6+,10-5?;. The van der Waals surface area contributed by atoms with E-state index < -0.39 is 6.10 Å². The summed E-state index contributed by atoms with van der Waals surface area (Å²) in [5.74, 6) is 0. The molecule has 0 bridgehead atoms. The van der Waals surface area contributed by atoms with E-state index in [1.165, 1.54) is 11.1 Å². The first-order valence-electron chi connectivity index (χ1n) is 6.03. The molecule has 0 spiro atoms. The Balaban J connectivity index is 0. The van der Waals surface area contributed by atoms with E-state index in [4.69, 9.17) is 26.2 Å². The van der Waals surface area contributed by atoms with E-state index in [2.05, 4.69) is 6.08 Å². The van der Waals surface area contributed by atoms with Gasteiger partial charge in [-0.2, -0.15) is 0 Å². The molecule has 0 radical (unpaired) electrons. The molecule has 0 aromatic carbocycles. The number of nitrogens with two attached hydrogens (primary N) is 1. The Morgan fingerprint density at radius 2 is 1.61 bits per heavy atom. The topological polar surface area (TPSA) is 107 Å². The fraction of sp³-hybridized carbons (Fsp3) is 0.692. The van der Waals surface area contributed by atoms with Gasteiger partial charge in [0.2, 0.25) is 0 Å². The summed E-state index contributed by atoms with van der Waals surface area (Å²) in [4.78, 5) is 0. The molecule has 5 nitrogen and oxygen atoms in total. The lowest BCUT2D eigenvalue weighted by Crippen LogP contribution is -2.15. The Kier molecular flexibility index (Phi) is 15.6. The number of rotatable bonds is 7. The fourth-order valence-electron chi connectivity index (χ4n) is 0.945. The number of aliphatic hydroxyl groups excluding tert-OH is 4. The highest BCUT2D eigenvalue weighted by atomic mass is 16.3. The lowest BCUT2D eigenvalue weighted by atomic mass is 10.1. The van der Waals surface area contributed by atoms with Gasteiger partial charge in [-0.25, -0.2) is 0 Å². The highest BCUT2D eigenvalue weighted by Gasteiger charge is 1.93. The van der Waals surface area contributed by atoms with E-state index >= 15 is 0 Å². The summed E-state index contributed by atoms with van der Waals surface area (Å²) in [7, 11) is 0. The molecule has 0 aromatic rings. The van der Waals surface area contributed by atoms with Gasteiger partial charge in [0.05, 0.1) is 19.8 Å². The van der Waals surface area contributed by atoms with E-state index in [0.717, 1.165) is 12.8 Å². The normalized spacial score (nSPS) is 12.4. The quantitative estimate of drug-likeness (QED) is 0.413. The SMILES string of the molecule is CC(=CCC/C(C)=C/CO)CN.OCC(O)CO. The molecule has 5 heteroatoms. The van der Waals surface area contributed by atoms with Crippen LogP contribution in [0.4, 0.5) is 0 Å². The Labute approximate surface area is 109 Å². The molecule has 18 heavy (non-hydrogen) atoms. The van der Waals surface area contributed by atoms with Crippen LogP contribution < -0.4 is 5.73 Å². The van der Waals surface area contributed by atoms with Gasteiger partial charge in [0.1, 0.15) is 6.10 Å². The molecule has 0 unspecified atom stereocenters. The van der Waals surface area contributed by atoms with Crippen molar-refractivity contribution >= 4 is 0 Å². The largest absolute Gasteiger partial charge is 0.394 e. The molecule has 0 aromatic heterocycles. The first kappa shape index (κ1) is 19.6. The molecular weight excluding hydrogens is 234 g/mol. The van der Waals surface area contributed by atoms with E-state index in [0.29, 0.717) is 6.54 Å². The van der Waals surface area contributed by atoms with Crippen molar-refractivity contribution in [3.05, 3.63) is 23.3 Å². The van der Waals surface area contributed by atoms with Crippen LogP contribution in [-0.2, 0) is 0 Å². The maximum Gasteiger partial charge on any atom is 0.100 e. The van der Waals surface area contributed by atoms with Crippen LogP contribution in [0.5, 0.6) is 0 Å². The second-order valence-corrected chi connectivity index (χ2v) is 4.05. The second-order valence-electron chi connectivity index (χ2n) is 4.05. The van der Waals surface area contributed by atoms with Crippen molar-refractivity contribution in [2.45, 2.75) is 32.8 Å². The molecule has 0 aliphatic carbocycles. The third-order valence-electron chi connectivity index (χ3n) is 2.21. The molecular formula is C13H27NO4. The monoisotopic (exact) mass is 261 g/mol. The van der Waals surface area contributed by atoms with Crippen molar-refractivity contribution < 1.29 is 20.4 Å². The van der Waals surface area contributed by atoms with E-state index in [1.807, 2.05) is 19.9 Å². The van der Waals surface area contributed by atoms with Crippen LogP contribution in [0.2, 0.25) is 0 Å². The molecule has 0 fully saturated rings. The second kappa shape index (κ2) is 14.3. The third kappa shape index (κ3) is 15.3. The van der Waals surface area contributed by atoms with Crippen LogP contribution in [0.3, 0.4) is 0 Å². The zero-order chi connectivity index (χ0) is 14.4. The molecule has 6 N–H and O–H groups in total. The van der Waals surface area contributed by atoms with Gasteiger partial charge in [-0.15, -0.1) is 0 Å². The average molecular weight is 261 g/mol. The van der Waals surface area contributed by atoms with Gasteiger partial charge in [0.15, 0.2) is 0 Å². The predicted octanol–water partition coefficient (Wildman–Crippen LogP) is -0.0579. The zero-order valence-electron chi connectivity index (χ0n) is 11.3. The highest BCUT2D eigenvalue weighted by molar-refractivity contribution is 5.04. The Hall–Kier alpha value is -0.720. The molecule has 0 aliphatic rings. The van der Waals surface area contributed by atoms with Gasteiger partial charge in [0.25, 0.3) is 0 Å². The van der Waals surface area contributed by atoms with Gasteiger partial charge in [-0.05, 0) is 26.7 Å². The summed E-state index contributed by atoms with van der Waals surface area (Å²) in [5, 5.41) is 32.6. The van der Waals surface area contributed by atoms with Crippen LogP contribution in [0, 0.1) is 0 Å². The summed E-state index contributed by atoms with van der Waals surface area (Å²) >= 11 is 0. The van der Waals surface area contributed by atoms with Gasteiger partial charge in [0, 0.05) is 6.54 Å². The van der Waals surface area contributed by atoms with E-state index in [9.17, 15) is 0 Å². The van der Waals surface area contributed by atoms with E-state index in [-0.39, 0.29) is 19.8 Å². The van der Waals surface area contributed by atoms with Crippen LogP contribution in [0.15, 0.2) is 23.3 Å². The van der Waals surface area contributed by atoms with Crippen molar-refractivity contribution in [3.63, 3.8) is 0 Å². The molecule has 0 saturated heterocycles. The summed E-state index contributed by atoms with van der Waals surface area (Å²) in [5.41, 5.74) is 7.89. The van der Waals surface area contributed by atoms with E-state index in [1.54, 1.807) is 0 Å². The summed E-state index contributed by atoms with van der Waals surface area (Å²) in [6, 6.07) is 0. The van der Waals surface area contributed by atoms with Gasteiger partial charge >= 0.3 is 0 Å². The lowest BCUT2D eigenvalue weighted by molar-refractivity contribution is 0.0450. The van der Waals surface area contributed by atoms with Crippen LogP contribution in [-0.4, -0.2) is 52.9 Å². The third-order valence-corrected chi connectivity index (χ3v) is 2.21. The van der Waals surface area contributed by atoms with Crippen molar-refractivity contribution in [2.75, 3.05) is 26.4 Å². The number of aliphatic hydroxyl groups is 4. The number of hydrogen-bond donors (Lipinski definition) is 5. The molecule has 0 amide bonds. The first-order chi connectivity index (χ1) is 8.51.